The lowest BCUT2D eigenvalue weighted by Gasteiger charge is -2.07. The summed E-state index contributed by atoms with van der Waals surface area (Å²) in [5, 5.41) is 11.3. The van der Waals surface area contributed by atoms with Crippen LogP contribution in [-0.4, -0.2) is 35.3 Å². The van der Waals surface area contributed by atoms with Crippen molar-refractivity contribution in [2.24, 2.45) is 5.10 Å². The molecule has 2 aromatic rings. The van der Waals surface area contributed by atoms with Gasteiger partial charge in [-0.15, -0.1) is 0 Å². The van der Waals surface area contributed by atoms with Crippen molar-refractivity contribution < 1.29 is 9.47 Å². The summed E-state index contributed by atoms with van der Waals surface area (Å²) in [6.07, 6.45) is 3.48. The summed E-state index contributed by atoms with van der Waals surface area (Å²) in [6, 6.07) is 5.54. The normalized spacial score (nSPS) is 11.0. The number of H-pyrrole nitrogens is 1. The van der Waals surface area contributed by atoms with Gasteiger partial charge < -0.3 is 9.47 Å². The van der Waals surface area contributed by atoms with E-state index in [0.717, 1.165) is 30.0 Å². The minimum Gasteiger partial charge on any atom is -0.497 e. The summed E-state index contributed by atoms with van der Waals surface area (Å²) < 4.78 is 12.6. The fraction of sp³-hybridized carbons (Fsp3) is 0.357. The molecule has 0 aliphatic carbocycles. The van der Waals surface area contributed by atoms with Crippen molar-refractivity contribution >= 4 is 18.4 Å². The number of hydrogen-bond donors (Lipinski definition) is 1. The zero-order valence-corrected chi connectivity index (χ0v) is 13.1. The maximum Gasteiger partial charge on any atom is 0.216 e. The van der Waals surface area contributed by atoms with E-state index in [2.05, 4.69) is 22.2 Å². The molecule has 0 unspecified atom stereocenters. The molecule has 1 aromatic heterocycles. The van der Waals surface area contributed by atoms with Crippen LogP contribution in [0.4, 0.5) is 0 Å². The third kappa shape index (κ3) is 3.49. The number of benzene rings is 1. The molecule has 0 radical (unpaired) electrons. The van der Waals surface area contributed by atoms with Gasteiger partial charge in [0.05, 0.1) is 20.4 Å². The third-order valence-electron chi connectivity index (χ3n) is 2.94. The standard InChI is InChI=1S/C14H18N4O2S/c1-4-5-13-16-17-14(21)18(13)15-9-10-6-7-11(19-2)8-12(10)20-3/h6-9H,4-5H2,1-3H3,(H,17,21)/b15-9-. The molecule has 0 aliphatic rings. The summed E-state index contributed by atoms with van der Waals surface area (Å²) in [5.74, 6) is 2.23. The Morgan fingerprint density at radius 2 is 2.19 bits per heavy atom. The topological polar surface area (TPSA) is 64.4 Å². The number of rotatable bonds is 6. The van der Waals surface area contributed by atoms with Gasteiger partial charge in [-0.25, -0.2) is 0 Å². The van der Waals surface area contributed by atoms with Crippen molar-refractivity contribution in [1.82, 2.24) is 14.9 Å². The quantitative estimate of drug-likeness (QED) is 0.658. The highest BCUT2D eigenvalue weighted by Crippen LogP contribution is 2.23. The maximum absolute atomic E-state index is 5.34. The summed E-state index contributed by atoms with van der Waals surface area (Å²) in [5.41, 5.74) is 0.837. The second-order valence-corrected chi connectivity index (χ2v) is 4.75. The monoisotopic (exact) mass is 306 g/mol. The number of aryl methyl sites for hydroxylation is 1. The molecule has 21 heavy (non-hydrogen) atoms. The smallest absolute Gasteiger partial charge is 0.216 e. The van der Waals surface area contributed by atoms with E-state index in [4.69, 9.17) is 21.7 Å². The molecule has 0 saturated heterocycles. The molecule has 0 saturated carbocycles. The van der Waals surface area contributed by atoms with Crippen LogP contribution in [0.3, 0.4) is 0 Å². The van der Waals surface area contributed by atoms with Gasteiger partial charge in [-0.2, -0.15) is 14.9 Å². The minimum atomic E-state index is 0.474. The van der Waals surface area contributed by atoms with Crippen LogP contribution in [-0.2, 0) is 6.42 Å². The number of nitrogens with zero attached hydrogens (tertiary/aromatic N) is 3. The Balaban J connectivity index is 2.33. The molecular formula is C14H18N4O2S. The Morgan fingerprint density at radius 1 is 1.38 bits per heavy atom. The molecule has 0 aliphatic heterocycles. The largest absolute Gasteiger partial charge is 0.497 e. The van der Waals surface area contributed by atoms with Crippen LogP contribution in [0.2, 0.25) is 0 Å². The molecule has 1 heterocycles. The molecule has 1 N–H and O–H groups in total. The average molecular weight is 306 g/mol. The molecule has 6 nitrogen and oxygen atoms in total. The zero-order valence-electron chi connectivity index (χ0n) is 12.3. The van der Waals surface area contributed by atoms with Gasteiger partial charge in [0.2, 0.25) is 4.77 Å². The predicted octanol–water partition coefficient (Wildman–Crippen LogP) is 2.79. The highest BCUT2D eigenvalue weighted by atomic mass is 32.1. The van der Waals surface area contributed by atoms with Crippen LogP contribution in [0.1, 0.15) is 24.7 Å². The fourth-order valence-electron chi connectivity index (χ4n) is 1.87. The van der Waals surface area contributed by atoms with Crippen LogP contribution in [0.15, 0.2) is 23.3 Å². The maximum atomic E-state index is 5.34. The first-order valence-electron chi connectivity index (χ1n) is 6.62. The molecule has 0 bridgehead atoms. The van der Waals surface area contributed by atoms with E-state index in [1.165, 1.54) is 0 Å². The van der Waals surface area contributed by atoms with E-state index < -0.39 is 0 Å². The molecule has 0 spiro atoms. The van der Waals surface area contributed by atoms with Gasteiger partial charge in [-0.3, -0.25) is 5.10 Å². The number of aromatic amines is 1. The van der Waals surface area contributed by atoms with E-state index in [9.17, 15) is 0 Å². The van der Waals surface area contributed by atoms with Crippen molar-refractivity contribution in [3.05, 3.63) is 34.4 Å². The second kappa shape index (κ2) is 7.03. The van der Waals surface area contributed by atoms with Gasteiger partial charge in [-0.1, -0.05) is 6.92 Å². The van der Waals surface area contributed by atoms with Gasteiger partial charge in [0.15, 0.2) is 5.82 Å². The van der Waals surface area contributed by atoms with Crippen LogP contribution in [0.25, 0.3) is 0 Å². The Morgan fingerprint density at radius 3 is 2.86 bits per heavy atom. The molecular weight excluding hydrogens is 288 g/mol. The summed E-state index contributed by atoms with van der Waals surface area (Å²) in [4.78, 5) is 0. The first kappa shape index (κ1) is 15.2. The lowest BCUT2D eigenvalue weighted by atomic mass is 10.2. The summed E-state index contributed by atoms with van der Waals surface area (Å²) in [6.45, 7) is 2.08. The minimum absolute atomic E-state index is 0.474. The van der Waals surface area contributed by atoms with Crippen LogP contribution < -0.4 is 9.47 Å². The van der Waals surface area contributed by atoms with E-state index in [1.807, 2.05) is 18.2 Å². The molecule has 1 aromatic carbocycles. The highest BCUT2D eigenvalue weighted by molar-refractivity contribution is 7.71. The second-order valence-electron chi connectivity index (χ2n) is 4.36. The SMILES string of the molecule is CCCc1n[nH]c(=S)n1/N=C\c1ccc(OC)cc1OC. The lowest BCUT2D eigenvalue weighted by Crippen LogP contribution is -1.99. The molecule has 0 atom stereocenters. The molecule has 0 fully saturated rings. The van der Waals surface area contributed by atoms with Gasteiger partial charge in [0.25, 0.3) is 0 Å². The van der Waals surface area contributed by atoms with E-state index in [-0.39, 0.29) is 0 Å². The van der Waals surface area contributed by atoms with Gasteiger partial charge >= 0.3 is 0 Å². The van der Waals surface area contributed by atoms with Crippen molar-refractivity contribution in [3.63, 3.8) is 0 Å². The van der Waals surface area contributed by atoms with Crippen molar-refractivity contribution in [2.75, 3.05) is 14.2 Å². The zero-order chi connectivity index (χ0) is 15.2. The summed E-state index contributed by atoms with van der Waals surface area (Å²) in [7, 11) is 3.22. The number of hydrogen-bond acceptors (Lipinski definition) is 5. The molecule has 2 rings (SSSR count). The van der Waals surface area contributed by atoms with Crippen molar-refractivity contribution in [1.29, 1.82) is 0 Å². The Hall–Kier alpha value is -2.15. The average Bonchev–Trinajstić information content (AvgIpc) is 2.85. The number of methoxy groups -OCH3 is 2. The Bertz CT molecular complexity index is 691. The highest BCUT2D eigenvalue weighted by Gasteiger charge is 2.05. The lowest BCUT2D eigenvalue weighted by molar-refractivity contribution is 0.394. The van der Waals surface area contributed by atoms with Gasteiger partial charge in [-0.05, 0) is 30.8 Å². The van der Waals surface area contributed by atoms with E-state index >= 15 is 0 Å². The first-order chi connectivity index (χ1) is 10.2. The van der Waals surface area contributed by atoms with Crippen LogP contribution >= 0.6 is 12.2 Å². The molecule has 7 heteroatoms. The molecule has 112 valence electrons. The number of nitrogens with one attached hydrogen (secondary N) is 1. The Kier molecular flexibility index (Phi) is 5.10. The van der Waals surface area contributed by atoms with Gasteiger partial charge in [0.1, 0.15) is 11.5 Å². The summed E-state index contributed by atoms with van der Waals surface area (Å²) >= 11 is 5.18. The fourth-order valence-corrected chi connectivity index (χ4v) is 2.07. The van der Waals surface area contributed by atoms with E-state index in [0.29, 0.717) is 10.5 Å². The van der Waals surface area contributed by atoms with Gasteiger partial charge in [0, 0.05) is 18.1 Å². The number of aromatic nitrogens is 3. The van der Waals surface area contributed by atoms with Crippen molar-refractivity contribution in [3.8, 4) is 11.5 Å². The van der Waals surface area contributed by atoms with E-state index in [1.54, 1.807) is 25.1 Å². The van der Waals surface area contributed by atoms with Crippen LogP contribution in [0.5, 0.6) is 11.5 Å². The Labute approximate surface area is 128 Å². The van der Waals surface area contributed by atoms with Crippen LogP contribution in [0, 0.1) is 4.77 Å². The predicted molar refractivity (Wildman–Crippen MR) is 83.9 cm³/mol. The third-order valence-corrected chi connectivity index (χ3v) is 3.21. The first-order valence-corrected chi connectivity index (χ1v) is 7.03. The molecule has 0 amide bonds. The van der Waals surface area contributed by atoms with Crippen molar-refractivity contribution in [2.45, 2.75) is 19.8 Å². The number of ether oxygens (including phenoxy) is 2.